The van der Waals surface area contributed by atoms with E-state index in [-0.39, 0.29) is 0 Å². The highest BCUT2D eigenvalue weighted by Gasteiger charge is 2.18. The number of nitrogens with zero attached hydrogens (tertiary/aromatic N) is 1. The highest BCUT2D eigenvalue weighted by atomic mass is 15.1. The molecule has 0 saturated carbocycles. The molecule has 14 heavy (non-hydrogen) atoms. The third-order valence-corrected chi connectivity index (χ3v) is 2.83. The fourth-order valence-corrected chi connectivity index (χ4v) is 2.26. The van der Waals surface area contributed by atoms with Gasteiger partial charge < -0.3 is 10.2 Å². The first-order valence-electron chi connectivity index (χ1n) is 5.64. The monoisotopic (exact) mass is 196 g/mol. The number of piperidine rings is 1. The van der Waals surface area contributed by atoms with Crippen molar-refractivity contribution in [2.45, 2.75) is 32.7 Å². The Morgan fingerprint density at radius 1 is 1.57 bits per heavy atom. The van der Waals surface area contributed by atoms with Crippen LogP contribution in [0.15, 0.2) is 12.2 Å². The van der Waals surface area contributed by atoms with E-state index in [9.17, 15) is 0 Å². The summed E-state index contributed by atoms with van der Waals surface area (Å²) in [5, 5.41) is 3.58. The maximum atomic E-state index is 3.94. The molecule has 1 aliphatic heterocycles. The zero-order valence-electron chi connectivity index (χ0n) is 9.84. The van der Waals surface area contributed by atoms with Gasteiger partial charge >= 0.3 is 0 Å². The maximum Gasteiger partial charge on any atom is 0.0197 e. The van der Waals surface area contributed by atoms with Gasteiger partial charge in [-0.3, -0.25) is 0 Å². The van der Waals surface area contributed by atoms with Gasteiger partial charge in [0.2, 0.25) is 0 Å². The SMILES string of the molecule is C=C(C)CN(C)CC1CC(C)CCN1. The first kappa shape index (κ1) is 11.7. The van der Waals surface area contributed by atoms with Gasteiger partial charge in [0.1, 0.15) is 0 Å². The van der Waals surface area contributed by atoms with Gasteiger partial charge in [-0.05, 0) is 39.3 Å². The molecule has 2 unspecified atom stereocenters. The van der Waals surface area contributed by atoms with Crippen LogP contribution in [0.3, 0.4) is 0 Å². The summed E-state index contributed by atoms with van der Waals surface area (Å²) in [6.45, 7) is 11.7. The molecule has 1 N–H and O–H groups in total. The van der Waals surface area contributed by atoms with Gasteiger partial charge in [0.05, 0.1) is 0 Å². The lowest BCUT2D eigenvalue weighted by molar-refractivity contribution is 0.245. The van der Waals surface area contributed by atoms with Crippen molar-refractivity contribution in [3.05, 3.63) is 12.2 Å². The molecule has 0 spiro atoms. The van der Waals surface area contributed by atoms with Crippen molar-refractivity contribution >= 4 is 0 Å². The van der Waals surface area contributed by atoms with Crippen molar-refractivity contribution in [2.75, 3.05) is 26.7 Å². The van der Waals surface area contributed by atoms with Crippen molar-refractivity contribution < 1.29 is 0 Å². The summed E-state index contributed by atoms with van der Waals surface area (Å²) in [6.07, 6.45) is 2.65. The van der Waals surface area contributed by atoms with Crippen LogP contribution < -0.4 is 5.32 Å². The summed E-state index contributed by atoms with van der Waals surface area (Å²) in [7, 11) is 2.18. The van der Waals surface area contributed by atoms with E-state index in [2.05, 4.69) is 37.7 Å². The van der Waals surface area contributed by atoms with E-state index in [1.54, 1.807) is 0 Å². The van der Waals surface area contributed by atoms with Gasteiger partial charge in [-0.15, -0.1) is 0 Å². The van der Waals surface area contributed by atoms with Crippen LogP contribution in [0.4, 0.5) is 0 Å². The molecule has 0 aromatic heterocycles. The van der Waals surface area contributed by atoms with Crippen LogP contribution in [0.1, 0.15) is 26.7 Å². The minimum absolute atomic E-state index is 0.683. The fraction of sp³-hybridized carbons (Fsp3) is 0.833. The lowest BCUT2D eigenvalue weighted by Crippen LogP contribution is -2.44. The summed E-state index contributed by atoms with van der Waals surface area (Å²) >= 11 is 0. The van der Waals surface area contributed by atoms with Crippen molar-refractivity contribution in [1.29, 1.82) is 0 Å². The molecule has 0 aliphatic carbocycles. The van der Waals surface area contributed by atoms with Crippen molar-refractivity contribution in [1.82, 2.24) is 10.2 Å². The third-order valence-electron chi connectivity index (χ3n) is 2.83. The van der Waals surface area contributed by atoms with Gasteiger partial charge in [0, 0.05) is 19.1 Å². The van der Waals surface area contributed by atoms with Gasteiger partial charge in [0.25, 0.3) is 0 Å². The molecule has 0 bridgehead atoms. The Bertz CT molecular complexity index is 189. The molecule has 82 valence electrons. The normalized spacial score (nSPS) is 28.0. The number of likely N-dealkylation sites (N-methyl/N-ethyl adjacent to an activating group) is 1. The number of hydrogen-bond donors (Lipinski definition) is 1. The van der Waals surface area contributed by atoms with Crippen LogP contribution in [0.2, 0.25) is 0 Å². The first-order valence-corrected chi connectivity index (χ1v) is 5.64. The molecule has 2 heteroatoms. The Labute approximate surface area is 88.4 Å². The Morgan fingerprint density at radius 3 is 2.86 bits per heavy atom. The molecule has 1 saturated heterocycles. The molecular formula is C12H24N2. The summed E-state index contributed by atoms with van der Waals surface area (Å²) in [5.74, 6) is 0.888. The molecule has 0 aromatic rings. The highest BCUT2D eigenvalue weighted by molar-refractivity contribution is 4.92. The summed E-state index contributed by atoms with van der Waals surface area (Å²) in [5.41, 5.74) is 1.25. The lowest BCUT2D eigenvalue weighted by Gasteiger charge is -2.31. The fourth-order valence-electron chi connectivity index (χ4n) is 2.26. The molecule has 1 fully saturated rings. The Kier molecular flexibility index (Phi) is 4.63. The average Bonchev–Trinajstić information content (AvgIpc) is 2.01. The number of rotatable bonds is 4. The van der Waals surface area contributed by atoms with Crippen molar-refractivity contribution in [3.63, 3.8) is 0 Å². The zero-order valence-corrected chi connectivity index (χ0v) is 9.84. The molecule has 1 aliphatic rings. The van der Waals surface area contributed by atoms with E-state index in [1.807, 2.05) is 0 Å². The molecule has 2 nitrogen and oxygen atoms in total. The van der Waals surface area contributed by atoms with E-state index < -0.39 is 0 Å². The largest absolute Gasteiger partial charge is 0.313 e. The quantitative estimate of drug-likeness (QED) is 0.691. The Morgan fingerprint density at radius 2 is 2.29 bits per heavy atom. The van der Waals surface area contributed by atoms with E-state index in [1.165, 1.54) is 25.0 Å². The Balaban J connectivity index is 2.25. The van der Waals surface area contributed by atoms with Crippen LogP contribution in [0.25, 0.3) is 0 Å². The molecule has 0 amide bonds. The lowest BCUT2D eigenvalue weighted by atomic mass is 9.94. The van der Waals surface area contributed by atoms with Crippen LogP contribution in [-0.4, -0.2) is 37.6 Å². The third kappa shape index (κ3) is 4.25. The first-order chi connectivity index (χ1) is 6.58. The highest BCUT2D eigenvalue weighted by Crippen LogP contribution is 2.15. The second-order valence-electron chi connectivity index (χ2n) is 4.93. The average molecular weight is 196 g/mol. The van der Waals surface area contributed by atoms with Crippen LogP contribution in [0.5, 0.6) is 0 Å². The van der Waals surface area contributed by atoms with Crippen molar-refractivity contribution in [3.8, 4) is 0 Å². The van der Waals surface area contributed by atoms with E-state index in [4.69, 9.17) is 0 Å². The second kappa shape index (κ2) is 5.52. The van der Waals surface area contributed by atoms with Gasteiger partial charge in [0.15, 0.2) is 0 Å². The predicted octanol–water partition coefficient (Wildman–Crippen LogP) is 1.88. The smallest absolute Gasteiger partial charge is 0.0197 e. The summed E-state index contributed by atoms with van der Waals surface area (Å²) in [4.78, 5) is 2.36. The van der Waals surface area contributed by atoms with E-state index in [0.717, 1.165) is 19.0 Å². The van der Waals surface area contributed by atoms with Crippen LogP contribution >= 0.6 is 0 Å². The van der Waals surface area contributed by atoms with Crippen molar-refractivity contribution in [2.24, 2.45) is 5.92 Å². The number of nitrogens with one attached hydrogen (secondary N) is 1. The molecular weight excluding hydrogens is 172 g/mol. The van der Waals surface area contributed by atoms with Gasteiger partial charge in [-0.25, -0.2) is 0 Å². The summed E-state index contributed by atoms with van der Waals surface area (Å²) < 4.78 is 0. The van der Waals surface area contributed by atoms with Gasteiger partial charge in [-0.1, -0.05) is 19.1 Å². The van der Waals surface area contributed by atoms with Gasteiger partial charge in [-0.2, -0.15) is 0 Å². The summed E-state index contributed by atoms with van der Waals surface area (Å²) in [6, 6.07) is 0.683. The van der Waals surface area contributed by atoms with Crippen LogP contribution in [0, 0.1) is 5.92 Å². The molecule has 2 atom stereocenters. The topological polar surface area (TPSA) is 15.3 Å². The molecule has 1 rings (SSSR count). The van der Waals surface area contributed by atoms with Crippen LogP contribution in [-0.2, 0) is 0 Å². The second-order valence-corrected chi connectivity index (χ2v) is 4.93. The standard InChI is InChI=1S/C12H24N2/c1-10(2)8-14(4)9-12-7-11(3)5-6-13-12/h11-13H,1,5-9H2,2-4H3. The predicted molar refractivity (Wildman–Crippen MR) is 62.5 cm³/mol. The maximum absolute atomic E-state index is 3.94. The van der Waals surface area contributed by atoms with E-state index in [0.29, 0.717) is 6.04 Å². The minimum atomic E-state index is 0.683. The molecule has 1 heterocycles. The zero-order chi connectivity index (χ0) is 10.6. The van der Waals surface area contributed by atoms with E-state index >= 15 is 0 Å². The molecule has 0 aromatic carbocycles. The number of hydrogen-bond acceptors (Lipinski definition) is 2. The minimum Gasteiger partial charge on any atom is -0.313 e. The Hall–Kier alpha value is -0.340. The molecule has 0 radical (unpaired) electrons.